The predicted octanol–water partition coefficient (Wildman–Crippen LogP) is 0.253. The van der Waals surface area contributed by atoms with Crippen LogP contribution in [0.2, 0.25) is 0 Å². The largest absolute Gasteiger partial charge is 0.352 e. The number of piperazine rings is 1. The van der Waals surface area contributed by atoms with Crippen LogP contribution >= 0.6 is 0 Å². The Hall–Kier alpha value is -1.69. The van der Waals surface area contributed by atoms with Gasteiger partial charge in [-0.2, -0.15) is 0 Å². The molecule has 1 aliphatic rings. The van der Waals surface area contributed by atoms with Crippen LogP contribution in [-0.4, -0.2) is 53.0 Å². The normalized spacial score (nSPS) is 17.4. The maximum atomic E-state index is 12.1. The molecule has 6 heteroatoms. The van der Waals surface area contributed by atoms with Gasteiger partial charge >= 0.3 is 0 Å². The van der Waals surface area contributed by atoms with Gasteiger partial charge in [0.1, 0.15) is 5.82 Å². The van der Waals surface area contributed by atoms with Crippen LogP contribution in [0.5, 0.6) is 0 Å². The monoisotopic (exact) mass is 263 g/mol. The Morgan fingerprint density at radius 3 is 2.68 bits per heavy atom. The van der Waals surface area contributed by atoms with E-state index in [2.05, 4.69) is 14.9 Å². The molecule has 19 heavy (non-hydrogen) atoms. The highest BCUT2D eigenvalue weighted by molar-refractivity contribution is 5.81. The van der Waals surface area contributed by atoms with Crippen molar-refractivity contribution in [3.8, 4) is 0 Å². The summed E-state index contributed by atoms with van der Waals surface area (Å²) in [6, 6.07) is -0.354. The van der Waals surface area contributed by atoms with Gasteiger partial charge in [-0.15, -0.1) is 0 Å². The highest BCUT2D eigenvalue weighted by Crippen LogP contribution is 2.12. The third-order valence-electron chi connectivity index (χ3n) is 3.38. The summed E-state index contributed by atoms with van der Waals surface area (Å²) in [6.07, 6.45) is 6.78. The number of amides is 1. The van der Waals surface area contributed by atoms with Gasteiger partial charge in [0.25, 0.3) is 0 Å². The SMILES string of the molecule is CCCC(N)C(=O)N1CCN(c2cnccn2)CC1. The molecule has 1 fully saturated rings. The fraction of sp³-hybridized carbons (Fsp3) is 0.615. The molecular weight excluding hydrogens is 242 g/mol. The number of nitrogens with two attached hydrogens (primary N) is 1. The molecule has 1 aromatic heterocycles. The number of anilines is 1. The summed E-state index contributed by atoms with van der Waals surface area (Å²) < 4.78 is 0. The van der Waals surface area contributed by atoms with E-state index >= 15 is 0 Å². The van der Waals surface area contributed by atoms with Crippen molar-refractivity contribution in [3.05, 3.63) is 18.6 Å². The standard InChI is InChI=1S/C13H21N5O/c1-2-3-11(14)13(19)18-8-6-17(7-9-18)12-10-15-4-5-16-12/h4-5,10-11H,2-3,6-9,14H2,1H3. The quantitative estimate of drug-likeness (QED) is 0.843. The zero-order valence-corrected chi connectivity index (χ0v) is 11.3. The summed E-state index contributed by atoms with van der Waals surface area (Å²) in [6.45, 7) is 5.01. The summed E-state index contributed by atoms with van der Waals surface area (Å²) in [5.41, 5.74) is 5.88. The Kier molecular flexibility index (Phi) is 4.68. The minimum atomic E-state index is -0.354. The van der Waals surface area contributed by atoms with E-state index in [1.807, 2.05) is 11.8 Å². The molecule has 6 nitrogen and oxygen atoms in total. The number of aromatic nitrogens is 2. The van der Waals surface area contributed by atoms with Crippen molar-refractivity contribution < 1.29 is 4.79 Å². The summed E-state index contributed by atoms with van der Waals surface area (Å²) >= 11 is 0. The van der Waals surface area contributed by atoms with E-state index < -0.39 is 0 Å². The van der Waals surface area contributed by atoms with Gasteiger partial charge in [0, 0.05) is 38.6 Å². The number of hydrogen-bond acceptors (Lipinski definition) is 5. The predicted molar refractivity (Wildman–Crippen MR) is 73.7 cm³/mol. The third-order valence-corrected chi connectivity index (χ3v) is 3.38. The molecule has 2 heterocycles. The van der Waals surface area contributed by atoms with Crippen molar-refractivity contribution in [1.82, 2.24) is 14.9 Å². The lowest BCUT2D eigenvalue weighted by Crippen LogP contribution is -2.53. The molecule has 0 radical (unpaired) electrons. The van der Waals surface area contributed by atoms with Crippen molar-refractivity contribution >= 4 is 11.7 Å². The lowest BCUT2D eigenvalue weighted by molar-refractivity contribution is -0.133. The zero-order valence-electron chi connectivity index (χ0n) is 11.3. The average Bonchev–Trinajstić information content (AvgIpc) is 2.48. The van der Waals surface area contributed by atoms with Gasteiger partial charge in [-0.25, -0.2) is 4.98 Å². The van der Waals surface area contributed by atoms with Crippen LogP contribution in [0.1, 0.15) is 19.8 Å². The first kappa shape index (κ1) is 13.7. The molecule has 104 valence electrons. The molecule has 1 atom stereocenters. The molecule has 0 aromatic carbocycles. The highest BCUT2D eigenvalue weighted by Gasteiger charge is 2.25. The van der Waals surface area contributed by atoms with Gasteiger partial charge in [0.2, 0.25) is 5.91 Å². The Morgan fingerprint density at radius 1 is 1.37 bits per heavy atom. The van der Waals surface area contributed by atoms with Gasteiger partial charge < -0.3 is 15.5 Å². The van der Waals surface area contributed by atoms with Crippen molar-refractivity contribution in [2.75, 3.05) is 31.1 Å². The molecule has 1 unspecified atom stereocenters. The number of nitrogens with zero attached hydrogens (tertiary/aromatic N) is 4. The molecule has 2 N–H and O–H groups in total. The van der Waals surface area contributed by atoms with E-state index in [4.69, 9.17) is 5.73 Å². The molecular formula is C13H21N5O. The van der Waals surface area contributed by atoms with Crippen molar-refractivity contribution in [2.45, 2.75) is 25.8 Å². The second kappa shape index (κ2) is 6.47. The smallest absolute Gasteiger partial charge is 0.239 e. The van der Waals surface area contributed by atoms with Crippen molar-refractivity contribution in [2.24, 2.45) is 5.73 Å². The molecule has 0 spiro atoms. The van der Waals surface area contributed by atoms with Crippen molar-refractivity contribution in [1.29, 1.82) is 0 Å². The summed E-state index contributed by atoms with van der Waals surface area (Å²) in [5, 5.41) is 0. The number of carbonyl (C=O) groups excluding carboxylic acids is 1. The van der Waals surface area contributed by atoms with Crippen molar-refractivity contribution in [3.63, 3.8) is 0 Å². The average molecular weight is 263 g/mol. The van der Waals surface area contributed by atoms with Crippen LogP contribution in [0, 0.1) is 0 Å². The van der Waals surface area contributed by atoms with E-state index in [0.29, 0.717) is 13.1 Å². The van der Waals surface area contributed by atoms with Crippen LogP contribution in [-0.2, 0) is 4.79 Å². The Balaban J connectivity index is 1.87. The third kappa shape index (κ3) is 3.41. The van der Waals surface area contributed by atoms with E-state index in [9.17, 15) is 4.79 Å². The summed E-state index contributed by atoms with van der Waals surface area (Å²) in [4.78, 5) is 24.4. The maximum Gasteiger partial charge on any atom is 0.239 e. The molecule has 0 aliphatic carbocycles. The van der Waals surface area contributed by atoms with E-state index in [0.717, 1.165) is 31.7 Å². The lowest BCUT2D eigenvalue weighted by atomic mass is 10.1. The Labute approximate surface area is 113 Å². The number of hydrogen-bond donors (Lipinski definition) is 1. The summed E-state index contributed by atoms with van der Waals surface area (Å²) in [5.74, 6) is 0.938. The fourth-order valence-electron chi connectivity index (χ4n) is 2.28. The molecule has 0 bridgehead atoms. The molecule has 2 rings (SSSR count). The van der Waals surface area contributed by atoms with E-state index in [-0.39, 0.29) is 11.9 Å². The topological polar surface area (TPSA) is 75.4 Å². The van der Waals surface area contributed by atoms with Crippen LogP contribution in [0.4, 0.5) is 5.82 Å². The van der Waals surface area contributed by atoms with E-state index in [1.54, 1.807) is 18.6 Å². The maximum absolute atomic E-state index is 12.1. The van der Waals surface area contributed by atoms with Gasteiger partial charge in [-0.05, 0) is 6.42 Å². The molecule has 1 saturated heterocycles. The Morgan fingerprint density at radius 2 is 2.11 bits per heavy atom. The first-order valence-electron chi connectivity index (χ1n) is 6.77. The second-order valence-corrected chi connectivity index (χ2v) is 4.77. The second-order valence-electron chi connectivity index (χ2n) is 4.77. The van der Waals surface area contributed by atoms with E-state index in [1.165, 1.54) is 0 Å². The van der Waals surface area contributed by atoms with Gasteiger partial charge in [-0.3, -0.25) is 9.78 Å². The first-order valence-corrected chi connectivity index (χ1v) is 6.77. The molecule has 1 amide bonds. The Bertz CT molecular complexity index is 403. The van der Waals surface area contributed by atoms with Gasteiger partial charge in [0.05, 0.1) is 12.2 Å². The van der Waals surface area contributed by atoms with Gasteiger partial charge in [0.15, 0.2) is 0 Å². The van der Waals surface area contributed by atoms with Crippen LogP contribution in [0.15, 0.2) is 18.6 Å². The minimum Gasteiger partial charge on any atom is -0.352 e. The minimum absolute atomic E-state index is 0.0700. The zero-order chi connectivity index (χ0) is 13.7. The molecule has 1 aliphatic heterocycles. The van der Waals surface area contributed by atoms with Crippen LogP contribution in [0.3, 0.4) is 0 Å². The number of rotatable bonds is 4. The fourth-order valence-corrected chi connectivity index (χ4v) is 2.28. The molecule has 1 aromatic rings. The van der Waals surface area contributed by atoms with Gasteiger partial charge in [-0.1, -0.05) is 13.3 Å². The lowest BCUT2D eigenvalue weighted by Gasteiger charge is -2.36. The molecule has 0 saturated carbocycles. The first-order chi connectivity index (χ1) is 9.22. The summed E-state index contributed by atoms with van der Waals surface area (Å²) in [7, 11) is 0. The van der Waals surface area contributed by atoms with Crippen LogP contribution < -0.4 is 10.6 Å². The van der Waals surface area contributed by atoms with Crippen LogP contribution in [0.25, 0.3) is 0 Å². The number of carbonyl (C=O) groups is 1. The highest BCUT2D eigenvalue weighted by atomic mass is 16.2.